The van der Waals surface area contributed by atoms with E-state index in [4.69, 9.17) is 15.2 Å². The van der Waals surface area contributed by atoms with Crippen LogP contribution in [0.1, 0.15) is 25.3 Å². The molecule has 1 aromatic carbocycles. The molecule has 1 aliphatic heterocycles. The predicted molar refractivity (Wildman–Crippen MR) is 88.0 cm³/mol. The zero-order valence-electron chi connectivity index (χ0n) is 14.0. The monoisotopic (exact) mass is 337 g/mol. The molecule has 0 bridgehead atoms. The van der Waals surface area contributed by atoms with Gasteiger partial charge in [-0.05, 0) is 24.8 Å². The number of hydrogen-bond acceptors (Lipinski definition) is 6. The van der Waals surface area contributed by atoms with Crippen LogP contribution in [0.3, 0.4) is 0 Å². The zero-order chi connectivity index (χ0) is 17.7. The molecule has 0 saturated carbocycles. The number of nitrogens with two attached hydrogens (primary N) is 1. The van der Waals surface area contributed by atoms with Gasteiger partial charge in [-0.3, -0.25) is 19.8 Å². The first-order valence-electron chi connectivity index (χ1n) is 7.89. The van der Waals surface area contributed by atoms with E-state index < -0.39 is 10.8 Å². The van der Waals surface area contributed by atoms with E-state index in [0.717, 1.165) is 31.8 Å². The van der Waals surface area contributed by atoms with Gasteiger partial charge in [0.2, 0.25) is 5.91 Å². The summed E-state index contributed by atoms with van der Waals surface area (Å²) >= 11 is 0. The third-order valence-corrected chi connectivity index (χ3v) is 4.21. The quantitative estimate of drug-likeness (QED) is 0.599. The molecule has 1 amide bonds. The standard InChI is InChI=1S/C16H23N3O5/c1-11-3-5-18(6-4-11)10-24-15-7-12(8-16(17)20)13(19(21)22)9-14(15)23-2/h7,9,11H,3-6,8,10H2,1-2H3,(H2,17,20). The summed E-state index contributed by atoms with van der Waals surface area (Å²) in [6.07, 6.45) is 2.01. The van der Waals surface area contributed by atoms with Crippen LogP contribution in [-0.2, 0) is 11.2 Å². The van der Waals surface area contributed by atoms with Crippen LogP contribution in [0.2, 0.25) is 0 Å². The molecule has 1 heterocycles. The number of nitrogens with zero attached hydrogens (tertiary/aromatic N) is 2. The van der Waals surface area contributed by atoms with Crippen LogP contribution >= 0.6 is 0 Å². The summed E-state index contributed by atoms with van der Waals surface area (Å²) in [6.45, 7) is 4.50. The molecule has 1 saturated heterocycles. The van der Waals surface area contributed by atoms with Gasteiger partial charge in [0.25, 0.3) is 5.69 Å². The highest BCUT2D eigenvalue weighted by molar-refractivity contribution is 5.78. The van der Waals surface area contributed by atoms with Gasteiger partial charge in [-0.25, -0.2) is 0 Å². The van der Waals surface area contributed by atoms with E-state index in [1.165, 1.54) is 19.2 Å². The van der Waals surface area contributed by atoms with Crippen molar-refractivity contribution in [1.29, 1.82) is 0 Å². The smallest absolute Gasteiger partial charge is 0.277 e. The van der Waals surface area contributed by atoms with Crippen molar-refractivity contribution in [1.82, 2.24) is 4.90 Å². The Morgan fingerprint density at radius 3 is 2.58 bits per heavy atom. The number of likely N-dealkylation sites (tertiary alicyclic amines) is 1. The number of methoxy groups -OCH3 is 1. The number of nitro benzene ring substituents is 1. The van der Waals surface area contributed by atoms with E-state index >= 15 is 0 Å². The van der Waals surface area contributed by atoms with Crippen molar-refractivity contribution in [3.8, 4) is 11.5 Å². The maximum absolute atomic E-state index is 11.2. The van der Waals surface area contributed by atoms with Gasteiger partial charge in [0.15, 0.2) is 11.5 Å². The Hall–Kier alpha value is -2.35. The molecule has 2 N–H and O–H groups in total. The van der Waals surface area contributed by atoms with Crippen LogP contribution in [0.4, 0.5) is 5.69 Å². The lowest BCUT2D eigenvalue weighted by Gasteiger charge is -2.30. The van der Waals surface area contributed by atoms with E-state index in [-0.39, 0.29) is 23.4 Å². The largest absolute Gasteiger partial charge is 0.493 e. The zero-order valence-corrected chi connectivity index (χ0v) is 14.0. The van der Waals surface area contributed by atoms with Crippen molar-refractivity contribution >= 4 is 11.6 Å². The highest BCUT2D eigenvalue weighted by atomic mass is 16.6. The first-order valence-corrected chi connectivity index (χ1v) is 7.89. The first-order chi connectivity index (χ1) is 11.4. The number of hydrogen-bond donors (Lipinski definition) is 1. The third kappa shape index (κ3) is 4.58. The van der Waals surface area contributed by atoms with Crippen LogP contribution < -0.4 is 15.2 Å². The predicted octanol–water partition coefficient (Wildman–Crippen LogP) is 1.70. The summed E-state index contributed by atoms with van der Waals surface area (Å²) < 4.78 is 11.0. The maximum Gasteiger partial charge on any atom is 0.277 e. The average Bonchev–Trinajstić information content (AvgIpc) is 2.53. The molecule has 1 aliphatic rings. The number of carbonyl (C=O) groups excluding carboxylic acids is 1. The molecule has 8 nitrogen and oxygen atoms in total. The van der Waals surface area contributed by atoms with Gasteiger partial charge >= 0.3 is 0 Å². The molecule has 1 aromatic rings. The van der Waals surface area contributed by atoms with Crippen molar-refractivity contribution in [3.63, 3.8) is 0 Å². The van der Waals surface area contributed by atoms with Gasteiger partial charge in [-0.2, -0.15) is 0 Å². The Labute approximate surface area is 140 Å². The summed E-state index contributed by atoms with van der Waals surface area (Å²) in [5.41, 5.74) is 5.19. The van der Waals surface area contributed by atoms with Crippen LogP contribution in [-0.4, -0.2) is 42.7 Å². The number of nitro groups is 1. The number of piperidine rings is 1. The van der Waals surface area contributed by atoms with E-state index in [9.17, 15) is 14.9 Å². The van der Waals surface area contributed by atoms with Crippen molar-refractivity contribution in [2.24, 2.45) is 11.7 Å². The molecule has 0 radical (unpaired) electrons. The molecule has 1 fully saturated rings. The first kappa shape index (κ1) is 18.0. The molecule has 0 unspecified atom stereocenters. The Morgan fingerprint density at radius 2 is 2.04 bits per heavy atom. The van der Waals surface area contributed by atoms with Crippen LogP contribution in [0.25, 0.3) is 0 Å². The summed E-state index contributed by atoms with van der Waals surface area (Å²) in [6, 6.07) is 2.74. The molecular formula is C16H23N3O5. The van der Waals surface area contributed by atoms with Gasteiger partial charge in [0.05, 0.1) is 24.5 Å². The molecular weight excluding hydrogens is 314 g/mol. The number of primary amides is 1. The Morgan fingerprint density at radius 1 is 1.38 bits per heavy atom. The fourth-order valence-corrected chi connectivity index (χ4v) is 2.71. The maximum atomic E-state index is 11.2. The van der Waals surface area contributed by atoms with Gasteiger partial charge in [0.1, 0.15) is 6.73 Å². The molecule has 0 aliphatic carbocycles. The van der Waals surface area contributed by atoms with E-state index in [2.05, 4.69) is 11.8 Å². The molecule has 24 heavy (non-hydrogen) atoms. The van der Waals surface area contributed by atoms with E-state index in [1.807, 2.05) is 0 Å². The molecule has 0 spiro atoms. The summed E-state index contributed by atoms with van der Waals surface area (Å²) in [5.74, 6) is 0.717. The SMILES string of the molecule is COc1cc([N+](=O)[O-])c(CC(N)=O)cc1OCN1CCC(C)CC1. The van der Waals surface area contributed by atoms with Crippen molar-refractivity contribution in [2.75, 3.05) is 26.9 Å². The number of carbonyl (C=O) groups is 1. The second-order valence-corrected chi connectivity index (χ2v) is 6.11. The van der Waals surface area contributed by atoms with Gasteiger partial charge in [-0.15, -0.1) is 0 Å². The van der Waals surface area contributed by atoms with Crippen molar-refractivity contribution < 1.29 is 19.2 Å². The van der Waals surface area contributed by atoms with Gasteiger partial charge < -0.3 is 15.2 Å². The topological polar surface area (TPSA) is 108 Å². The highest BCUT2D eigenvalue weighted by Gasteiger charge is 2.22. The minimum Gasteiger partial charge on any atom is -0.493 e. The lowest BCUT2D eigenvalue weighted by atomic mass is 10.00. The van der Waals surface area contributed by atoms with E-state index in [0.29, 0.717) is 12.5 Å². The van der Waals surface area contributed by atoms with Gasteiger partial charge in [0, 0.05) is 18.7 Å². The van der Waals surface area contributed by atoms with Crippen LogP contribution in [0.5, 0.6) is 11.5 Å². The Kier molecular flexibility index (Phi) is 5.97. The van der Waals surface area contributed by atoms with Crippen molar-refractivity contribution in [2.45, 2.75) is 26.2 Å². The van der Waals surface area contributed by atoms with Crippen molar-refractivity contribution in [3.05, 3.63) is 27.8 Å². The number of ether oxygens (including phenoxy) is 2. The number of amides is 1. The third-order valence-electron chi connectivity index (χ3n) is 4.21. The summed E-state index contributed by atoms with van der Waals surface area (Å²) in [7, 11) is 1.42. The minimum absolute atomic E-state index is 0.204. The lowest BCUT2D eigenvalue weighted by molar-refractivity contribution is -0.385. The molecule has 0 aromatic heterocycles. The molecule has 132 valence electrons. The normalized spacial score (nSPS) is 15.9. The lowest BCUT2D eigenvalue weighted by Crippen LogP contribution is -2.35. The average molecular weight is 337 g/mol. The van der Waals surface area contributed by atoms with E-state index in [1.54, 1.807) is 0 Å². The second kappa shape index (κ2) is 7.96. The summed E-state index contributed by atoms with van der Waals surface area (Å²) in [5, 5.41) is 11.2. The van der Waals surface area contributed by atoms with Crippen LogP contribution in [0.15, 0.2) is 12.1 Å². The Bertz CT molecular complexity index is 612. The van der Waals surface area contributed by atoms with Gasteiger partial charge in [-0.1, -0.05) is 6.92 Å². The fraction of sp³-hybridized carbons (Fsp3) is 0.562. The van der Waals surface area contributed by atoms with Crippen LogP contribution in [0, 0.1) is 16.0 Å². The minimum atomic E-state index is -0.640. The number of benzene rings is 1. The molecule has 2 rings (SSSR count). The fourth-order valence-electron chi connectivity index (χ4n) is 2.71. The number of rotatable bonds is 7. The Balaban J connectivity index is 2.17. The molecule has 8 heteroatoms. The highest BCUT2D eigenvalue weighted by Crippen LogP contribution is 2.35. The summed E-state index contributed by atoms with van der Waals surface area (Å²) in [4.78, 5) is 23.9. The second-order valence-electron chi connectivity index (χ2n) is 6.11. The molecule has 0 atom stereocenters.